The Bertz CT molecular complexity index is 1230. The molecule has 1 aromatic heterocycles. The Morgan fingerprint density at radius 2 is 1.44 bits per heavy atom. The van der Waals surface area contributed by atoms with Crippen molar-refractivity contribution >= 4 is 33.2 Å². The summed E-state index contributed by atoms with van der Waals surface area (Å²) in [6.45, 7) is 9.70. The normalized spacial score (nSPS) is 13.9. The van der Waals surface area contributed by atoms with E-state index in [-0.39, 0.29) is 0 Å². The molecular formula is C24H29N5O2S. The van der Waals surface area contributed by atoms with E-state index in [1.54, 1.807) is 18.2 Å². The number of benzene rings is 2. The van der Waals surface area contributed by atoms with E-state index in [1.165, 1.54) is 12.8 Å². The van der Waals surface area contributed by atoms with Crippen LogP contribution in [0.5, 0.6) is 0 Å². The standard InChI is InChI=1S/C24H29N5O2S/c1-16-13-18(3)22(14-17(16)2)32(30,31)28-21-9-7-20(8-10-21)26-24-25-19(4)15-23(27-24)29-11-5-6-12-29/h7-10,13-15,28H,5-6,11-12H2,1-4H3,(H,25,26,27). The average molecular weight is 452 g/mol. The number of anilines is 4. The first kappa shape index (κ1) is 22.1. The summed E-state index contributed by atoms with van der Waals surface area (Å²) in [5.74, 6) is 1.47. The van der Waals surface area contributed by atoms with E-state index >= 15 is 0 Å². The van der Waals surface area contributed by atoms with Crippen LogP contribution >= 0.6 is 0 Å². The topological polar surface area (TPSA) is 87.2 Å². The molecule has 0 unspecified atom stereocenters. The number of nitrogens with one attached hydrogen (secondary N) is 2. The van der Waals surface area contributed by atoms with Crippen LogP contribution in [0.3, 0.4) is 0 Å². The number of rotatable bonds is 6. The van der Waals surface area contributed by atoms with Crippen molar-refractivity contribution in [3.05, 3.63) is 64.8 Å². The van der Waals surface area contributed by atoms with Crippen LogP contribution in [0.15, 0.2) is 47.4 Å². The van der Waals surface area contributed by atoms with Gasteiger partial charge in [0.05, 0.1) is 4.90 Å². The third-order valence-electron chi connectivity index (χ3n) is 5.74. The number of hydrogen-bond acceptors (Lipinski definition) is 6. The van der Waals surface area contributed by atoms with E-state index in [9.17, 15) is 8.42 Å². The molecular weight excluding hydrogens is 422 g/mol. The molecule has 1 aliphatic heterocycles. The number of aryl methyl sites for hydroxylation is 4. The van der Waals surface area contributed by atoms with Crippen molar-refractivity contribution in [2.75, 3.05) is 28.0 Å². The number of aromatic nitrogens is 2. The summed E-state index contributed by atoms with van der Waals surface area (Å²) in [4.78, 5) is 11.7. The van der Waals surface area contributed by atoms with E-state index in [0.717, 1.165) is 47.0 Å². The molecule has 1 saturated heterocycles. The van der Waals surface area contributed by atoms with Crippen LogP contribution in [0.2, 0.25) is 0 Å². The van der Waals surface area contributed by atoms with Gasteiger partial charge in [0, 0.05) is 36.2 Å². The van der Waals surface area contributed by atoms with Gasteiger partial charge >= 0.3 is 0 Å². The molecule has 0 amide bonds. The van der Waals surface area contributed by atoms with Gasteiger partial charge in [-0.3, -0.25) is 4.72 Å². The number of hydrogen-bond donors (Lipinski definition) is 2. The van der Waals surface area contributed by atoms with E-state index in [2.05, 4.69) is 24.9 Å². The van der Waals surface area contributed by atoms with Crippen LogP contribution in [-0.2, 0) is 10.0 Å². The fourth-order valence-corrected chi connectivity index (χ4v) is 5.27. The van der Waals surface area contributed by atoms with Crippen molar-refractivity contribution in [1.29, 1.82) is 0 Å². The van der Waals surface area contributed by atoms with Crippen molar-refractivity contribution in [2.24, 2.45) is 0 Å². The van der Waals surface area contributed by atoms with Gasteiger partial charge in [-0.25, -0.2) is 13.4 Å². The Kier molecular flexibility index (Phi) is 6.06. The van der Waals surface area contributed by atoms with Crippen LogP contribution in [0.1, 0.15) is 35.2 Å². The second kappa shape index (κ2) is 8.78. The molecule has 2 aromatic carbocycles. The lowest BCUT2D eigenvalue weighted by Gasteiger charge is -2.18. The minimum absolute atomic E-state index is 0.297. The lowest BCUT2D eigenvalue weighted by atomic mass is 10.1. The van der Waals surface area contributed by atoms with Gasteiger partial charge in [-0.05, 0) is 87.6 Å². The van der Waals surface area contributed by atoms with E-state index < -0.39 is 10.0 Å². The Hall–Kier alpha value is -3.13. The van der Waals surface area contributed by atoms with Gasteiger partial charge in [0.25, 0.3) is 10.0 Å². The molecule has 8 heteroatoms. The molecule has 0 radical (unpaired) electrons. The average Bonchev–Trinajstić information content (AvgIpc) is 3.26. The zero-order valence-electron chi connectivity index (χ0n) is 18.9. The second-order valence-electron chi connectivity index (χ2n) is 8.40. The highest BCUT2D eigenvalue weighted by Gasteiger charge is 2.18. The Labute approximate surface area is 190 Å². The third kappa shape index (κ3) is 4.85. The lowest BCUT2D eigenvalue weighted by molar-refractivity contribution is 0.600. The molecule has 32 heavy (non-hydrogen) atoms. The van der Waals surface area contributed by atoms with Crippen LogP contribution in [-0.4, -0.2) is 31.5 Å². The highest BCUT2D eigenvalue weighted by Crippen LogP contribution is 2.25. The molecule has 3 aromatic rings. The summed E-state index contributed by atoms with van der Waals surface area (Å²) >= 11 is 0. The van der Waals surface area contributed by atoms with Crippen LogP contribution in [0.4, 0.5) is 23.1 Å². The Balaban J connectivity index is 1.50. The first-order valence-corrected chi connectivity index (χ1v) is 12.3. The zero-order chi connectivity index (χ0) is 22.9. The summed E-state index contributed by atoms with van der Waals surface area (Å²) in [6, 6.07) is 12.7. The maximum absolute atomic E-state index is 12.9. The Morgan fingerprint density at radius 1 is 0.812 bits per heavy atom. The molecule has 1 fully saturated rings. The predicted molar refractivity (Wildman–Crippen MR) is 129 cm³/mol. The van der Waals surface area contributed by atoms with Gasteiger partial charge in [-0.2, -0.15) is 4.98 Å². The fourth-order valence-electron chi connectivity index (χ4n) is 3.90. The SMILES string of the molecule is Cc1cc(N2CCCC2)nc(Nc2ccc(NS(=O)(=O)c3cc(C)c(C)cc3C)cc2)n1. The molecule has 0 aliphatic carbocycles. The van der Waals surface area contributed by atoms with Gasteiger partial charge in [-0.1, -0.05) is 6.07 Å². The van der Waals surface area contributed by atoms with Crippen LogP contribution < -0.4 is 14.9 Å². The summed E-state index contributed by atoms with van der Waals surface area (Å²) in [7, 11) is -3.68. The highest BCUT2D eigenvalue weighted by molar-refractivity contribution is 7.92. The summed E-state index contributed by atoms with van der Waals surface area (Å²) in [5.41, 5.74) is 4.93. The molecule has 168 valence electrons. The monoisotopic (exact) mass is 451 g/mol. The van der Waals surface area contributed by atoms with Crippen molar-refractivity contribution in [1.82, 2.24) is 9.97 Å². The van der Waals surface area contributed by atoms with Gasteiger partial charge in [0.15, 0.2) is 0 Å². The van der Waals surface area contributed by atoms with Crippen LogP contribution in [0, 0.1) is 27.7 Å². The molecule has 2 heterocycles. The van der Waals surface area contributed by atoms with Crippen molar-refractivity contribution < 1.29 is 8.42 Å². The van der Waals surface area contributed by atoms with Crippen LogP contribution in [0.25, 0.3) is 0 Å². The van der Waals surface area contributed by atoms with Gasteiger partial charge in [0.1, 0.15) is 5.82 Å². The summed E-state index contributed by atoms with van der Waals surface area (Å²) in [5, 5.41) is 3.23. The third-order valence-corrected chi connectivity index (χ3v) is 7.27. The molecule has 0 atom stereocenters. The van der Waals surface area contributed by atoms with Crippen molar-refractivity contribution in [3.8, 4) is 0 Å². The Morgan fingerprint density at radius 3 is 2.12 bits per heavy atom. The van der Waals surface area contributed by atoms with E-state index in [4.69, 9.17) is 0 Å². The highest BCUT2D eigenvalue weighted by atomic mass is 32.2. The van der Waals surface area contributed by atoms with Crippen molar-refractivity contribution in [3.63, 3.8) is 0 Å². The minimum Gasteiger partial charge on any atom is -0.356 e. The minimum atomic E-state index is -3.68. The maximum atomic E-state index is 12.9. The molecule has 4 rings (SSSR count). The molecule has 1 aliphatic rings. The molecule has 7 nitrogen and oxygen atoms in total. The molecule has 0 bridgehead atoms. The molecule has 2 N–H and O–H groups in total. The first-order chi connectivity index (χ1) is 15.2. The zero-order valence-corrected chi connectivity index (χ0v) is 19.8. The van der Waals surface area contributed by atoms with Gasteiger partial charge in [-0.15, -0.1) is 0 Å². The fraction of sp³-hybridized carbons (Fsp3) is 0.333. The summed E-state index contributed by atoms with van der Waals surface area (Å²) in [6.07, 6.45) is 2.37. The van der Waals surface area contributed by atoms with Crippen molar-refractivity contribution in [2.45, 2.75) is 45.4 Å². The molecule has 0 saturated carbocycles. The first-order valence-electron chi connectivity index (χ1n) is 10.8. The van der Waals surface area contributed by atoms with E-state index in [0.29, 0.717) is 16.5 Å². The number of nitrogens with zero attached hydrogens (tertiary/aromatic N) is 3. The van der Waals surface area contributed by atoms with Gasteiger partial charge in [0.2, 0.25) is 5.95 Å². The largest absolute Gasteiger partial charge is 0.356 e. The maximum Gasteiger partial charge on any atom is 0.262 e. The summed E-state index contributed by atoms with van der Waals surface area (Å²) < 4.78 is 28.5. The quantitative estimate of drug-likeness (QED) is 0.557. The number of sulfonamides is 1. The smallest absolute Gasteiger partial charge is 0.262 e. The lowest BCUT2D eigenvalue weighted by Crippen LogP contribution is -2.19. The van der Waals surface area contributed by atoms with Gasteiger partial charge < -0.3 is 10.2 Å². The second-order valence-corrected chi connectivity index (χ2v) is 10.0. The predicted octanol–water partition coefficient (Wildman–Crippen LogP) is 4.85. The molecule has 0 spiro atoms. The van der Waals surface area contributed by atoms with E-state index in [1.807, 2.05) is 52.0 Å².